The van der Waals surface area contributed by atoms with Gasteiger partial charge in [0.1, 0.15) is 4.88 Å². The van der Waals surface area contributed by atoms with Crippen LogP contribution in [0.15, 0.2) is 54.6 Å². The number of amides is 1. The molecule has 0 bridgehead atoms. The molecule has 1 aromatic heterocycles. The van der Waals surface area contributed by atoms with Crippen molar-refractivity contribution < 1.29 is 28.2 Å². The predicted octanol–water partition coefficient (Wildman–Crippen LogP) is 4.89. The molecule has 1 aliphatic rings. The molecular formula is C26H31F2NO4S. The average molecular weight is 492 g/mol. The van der Waals surface area contributed by atoms with Crippen molar-refractivity contribution in [1.29, 1.82) is 0 Å². The smallest absolute Gasteiger partial charge is 0.348 e. The first-order valence-corrected chi connectivity index (χ1v) is 12.3. The van der Waals surface area contributed by atoms with Gasteiger partial charge in [-0.25, -0.2) is 4.79 Å². The van der Waals surface area contributed by atoms with Crippen molar-refractivity contribution >= 4 is 23.2 Å². The number of aliphatic hydroxyl groups is 1. The van der Waals surface area contributed by atoms with Crippen LogP contribution in [0.25, 0.3) is 0 Å². The topological polar surface area (TPSA) is 66.8 Å². The number of thiophene rings is 1. The molecule has 3 rings (SSSR count). The van der Waals surface area contributed by atoms with E-state index < -0.39 is 36.4 Å². The Hall–Kier alpha value is -2.58. The van der Waals surface area contributed by atoms with Crippen molar-refractivity contribution in [2.24, 2.45) is 5.92 Å². The Bertz CT molecular complexity index is 992. The number of aliphatic hydroxyl groups excluding tert-OH is 1. The largest absolute Gasteiger partial charge is 0.465 e. The van der Waals surface area contributed by atoms with Gasteiger partial charge in [-0.15, -0.1) is 11.3 Å². The van der Waals surface area contributed by atoms with Gasteiger partial charge in [-0.1, -0.05) is 49.4 Å². The lowest BCUT2D eigenvalue weighted by molar-refractivity contribution is -0.148. The zero-order valence-electron chi connectivity index (χ0n) is 19.5. The summed E-state index contributed by atoms with van der Waals surface area (Å²) in [6.07, 6.45) is 4.35. The monoisotopic (exact) mass is 491 g/mol. The summed E-state index contributed by atoms with van der Waals surface area (Å²) in [5, 5.41) is 10.5. The van der Waals surface area contributed by atoms with E-state index in [1.165, 1.54) is 28.9 Å². The quantitative estimate of drug-likeness (QED) is 0.359. The van der Waals surface area contributed by atoms with Gasteiger partial charge in [-0.3, -0.25) is 4.79 Å². The maximum Gasteiger partial charge on any atom is 0.348 e. The molecule has 1 aromatic carbocycles. The van der Waals surface area contributed by atoms with Gasteiger partial charge in [0, 0.05) is 17.8 Å². The van der Waals surface area contributed by atoms with Crippen LogP contribution < -0.4 is 0 Å². The number of halogens is 2. The van der Waals surface area contributed by atoms with Crippen molar-refractivity contribution in [2.45, 2.75) is 57.1 Å². The summed E-state index contributed by atoms with van der Waals surface area (Å²) >= 11 is 1.30. The molecule has 1 N–H and O–H groups in total. The van der Waals surface area contributed by atoms with E-state index in [0.29, 0.717) is 17.7 Å². The van der Waals surface area contributed by atoms with Crippen molar-refractivity contribution in [3.05, 3.63) is 69.9 Å². The van der Waals surface area contributed by atoms with Crippen LogP contribution in [0.5, 0.6) is 0 Å². The third kappa shape index (κ3) is 6.73. The number of benzene rings is 1. The maximum atomic E-state index is 14.2. The Balaban J connectivity index is 1.54. The molecular weight excluding hydrogens is 460 g/mol. The number of aryl methyl sites for hydroxylation is 2. The molecule has 2 aromatic rings. The molecule has 1 aliphatic heterocycles. The standard InChI is InChI=1S/C26H31F2NO4S/c1-18(10-11-19-7-4-3-5-8-19)22(30)14-12-20-17-26(27,28)25(32)29(20)16-6-9-21-13-15-23(34-21)24(31)33-2/h3-5,7-8,12-15,18,20,22,30H,6,9-11,16-17H2,1-2H3/t18-,20?,22-/m0/s1. The number of nitrogens with zero attached hydrogens (tertiary/aromatic N) is 1. The number of methoxy groups -OCH3 is 1. The normalized spacial score (nSPS) is 19.5. The fraction of sp³-hybridized carbons (Fsp3) is 0.462. The summed E-state index contributed by atoms with van der Waals surface area (Å²) in [4.78, 5) is 26.5. The molecule has 0 radical (unpaired) electrons. The van der Waals surface area contributed by atoms with Crippen molar-refractivity contribution in [3.63, 3.8) is 0 Å². The highest BCUT2D eigenvalue weighted by Crippen LogP contribution is 2.34. The van der Waals surface area contributed by atoms with E-state index in [0.717, 1.165) is 17.7 Å². The second-order valence-corrected chi connectivity index (χ2v) is 9.88. The number of carbonyl (C=O) groups excluding carboxylic acids is 2. The molecule has 1 amide bonds. The molecule has 0 spiro atoms. The van der Waals surface area contributed by atoms with E-state index >= 15 is 0 Å². The molecule has 2 heterocycles. The lowest BCUT2D eigenvalue weighted by Crippen LogP contribution is -2.36. The molecule has 3 atom stereocenters. The van der Waals surface area contributed by atoms with E-state index in [9.17, 15) is 23.5 Å². The molecule has 0 saturated carbocycles. The summed E-state index contributed by atoms with van der Waals surface area (Å²) < 4.78 is 33.0. The van der Waals surface area contributed by atoms with Gasteiger partial charge in [-0.05, 0) is 49.3 Å². The average Bonchev–Trinajstić information content (AvgIpc) is 3.39. The van der Waals surface area contributed by atoms with E-state index in [-0.39, 0.29) is 12.5 Å². The number of rotatable bonds is 11. The Labute approximate surface area is 203 Å². The summed E-state index contributed by atoms with van der Waals surface area (Å²) in [7, 11) is 1.32. The molecule has 1 fully saturated rings. The summed E-state index contributed by atoms with van der Waals surface area (Å²) in [5.41, 5.74) is 1.18. The third-order valence-electron chi connectivity index (χ3n) is 6.15. The highest BCUT2D eigenvalue weighted by molar-refractivity contribution is 7.13. The van der Waals surface area contributed by atoms with E-state index in [1.54, 1.807) is 18.2 Å². The molecule has 1 saturated heterocycles. The maximum absolute atomic E-state index is 14.2. The minimum Gasteiger partial charge on any atom is -0.465 e. The molecule has 0 aliphatic carbocycles. The minimum atomic E-state index is -3.40. The SMILES string of the molecule is COC(=O)c1ccc(CCCN2C(=O)C(F)(F)CC2C=C[C@H](O)[C@@H](C)CCc2ccccc2)s1. The molecule has 184 valence electrons. The number of ether oxygens (including phenoxy) is 1. The van der Waals surface area contributed by atoms with Crippen molar-refractivity contribution in [2.75, 3.05) is 13.7 Å². The number of hydrogen-bond donors (Lipinski definition) is 1. The van der Waals surface area contributed by atoms with Gasteiger partial charge >= 0.3 is 11.9 Å². The van der Waals surface area contributed by atoms with Gasteiger partial charge < -0.3 is 14.7 Å². The van der Waals surface area contributed by atoms with Gasteiger partial charge in [0.05, 0.1) is 19.3 Å². The van der Waals surface area contributed by atoms with Crippen LogP contribution in [-0.4, -0.2) is 53.6 Å². The molecule has 34 heavy (non-hydrogen) atoms. The Morgan fingerprint density at radius 1 is 1.26 bits per heavy atom. The molecule has 1 unspecified atom stereocenters. The fourth-order valence-electron chi connectivity index (χ4n) is 4.05. The zero-order valence-corrected chi connectivity index (χ0v) is 20.3. The number of alkyl halides is 2. The van der Waals surface area contributed by atoms with Gasteiger partial charge in [0.2, 0.25) is 0 Å². The van der Waals surface area contributed by atoms with Gasteiger partial charge in [-0.2, -0.15) is 8.78 Å². The number of esters is 1. The van der Waals surface area contributed by atoms with E-state index in [2.05, 4.69) is 0 Å². The number of likely N-dealkylation sites (tertiary alicyclic amines) is 1. The van der Waals surface area contributed by atoms with Crippen LogP contribution in [0.2, 0.25) is 0 Å². The number of hydrogen-bond acceptors (Lipinski definition) is 5. The molecule has 5 nitrogen and oxygen atoms in total. The first kappa shape index (κ1) is 26.0. The van der Waals surface area contributed by atoms with Crippen LogP contribution in [-0.2, 0) is 22.4 Å². The lowest BCUT2D eigenvalue weighted by atomic mass is 9.95. The highest BCUT2D eigenvalue weighted by atomic mass is 32.1. The van der Waals surface area contributed by atoms with Crippen LogP contribution in [0, 0.1) is 5.92 Å². The Kier molecular flexibility index (Phi) is 8.97. The van der Waals surface area contributed by atoms with Crippen LogP contribution >= 0.6 is 11.3 Å². The van der Waals surface area contributed by atoms with Crippen LogP contribution in [0.1, 0.15) is 46.3 Å². The van der Waals surface area contributed by atoms with Crippen molar-refractivity contribution in [3.8, 4) is 0 Å². The van der Waals surface area contributed by atoms with Crippen LogP contribution in [0.4, 0.5) is 8.78 Å². The van der Waals surface area contributed by atoms with Crippen molar-refractivity contribution in [1.82, 2.24) is 4.90 Å². The Morgan fingerprint density at radius 3 is 2.71 bits per heavy atom. The first-order chi connectivity index (χ1) is 16.2. The van der Waals surface area contributed by atoms with E-state index in [4.69, 9.17) is 4.74 Å². The summed E-state index contributed by atoms with van der Waals surface area (Å²) in [5.74, 6) is -5.03. The Morgan fingerprint density at radius 2 is 2.00 bits per heavy atom. The van der Waals surface area contributed by atoms with Gasteiger partial charge in [0.15, 0.2) is 0 Å². The second kappa shape index (κ2) is 11.7. The minimum absolute atomic E-state index is 0.0506. The van der Waals surface area contributed by atoms with E-state index in [1.807, 2.05) is 43.3 Å². The predicted molar refractivity (Wildman–Crippen MR) is 128 cm³/mol. The lowest BCUT2D eigenvalue weighted by Gasteiger charge is -2.22. The molecule has 8 heteroatoms. The summed E-state index contributed by atoms with van der Waals surface area (Å²) in [6.45, 7) is 2.10. The van der Waals surface area contributed by atoms with Crippen LogP contribution in [0.3, 0.4) is 0 Å². The third-order valence-corrected chi connectivity index (χ3v) is 7.28. The number of carbonyl (C=O) groups is 2. The zero-order chi connectivity index (χ0) is 24.7. The second-order valence-electron chi connectivity index (χ2n) is 8.71. The fourth-order valence-corrected chi connectivity index (χ4v) is 5.02. The summed E-state index contributed by atoms with van der Waals surface area (Å²) in [6, 6.07) is 12.7. The van der Waals surface area contributed by atoms with Gasteiger partial charge in [0.25, 0.3) is 5.91 Å². The first-order valence-electron chi connectivity index (χ1n) is 11.5. The highest BCUT2D eigenvalue weighted by Gasteiger charge is 2.52.